The third-order valence-corrected chi connectivity index (χ3v) is 2.01. The number of fused-ring (bicyclic) bond motifs is 1. The minimum atomic E-state index is -0.455. The van der Waals surface area contributed by atoms with Gasteiger partial charge in [0, 0.05) is 6.20 Å². The van der Waals surface area contributed by atoms with E-state index < -0.39 is 5.91 Å². The minimum Gasteiger partial charge on any atom is -0.477 e. The number of carbonyl (C=O) groups is 1. The van der Waals surface area contributed by atoms with Crippen molar-refractivity contribution in [1.29, 1.82) is 0 Å². The molecule has 0 aliphatic carbocycles. The number of hydrogen-bond donors (Lipinski definition) is 1. The Balaban J connectivity index is 2.47. The van der Waals surface area contributed by atoms with Gasteiger partial charge in [-0.25, -0.2) is 0 Å². The molecule has 78 valence electrons. The van der Waals surface area contributed by atoms with Gasteiger partial charge in [0.1, 0.15) is 5.65 Å². The van der Waals surface area contributed by atoms with Crippen LogP contribution in [0, 0.1) is 0 Å². The van der Waals surface area contributed by atoms with Gasteiger partial charge in [0.05, 0.1) is 18.4 Å². The first-order valence-electron chi connectivity index (χ1n) is 4.62. The van der Waals surface area contributed by atoms with Crippen LogP contribution < -0.4 is 10.5 Å². The Morgan fingerprint density at radius 1 is 1.53 bits per heavy atom. The highest BCUT2D eigenvalue weighted by molar-refractivity contribution is 5.92. The third-order valence-electron chi connectivity index (χ3n) is 2.01. The Bertz CT molecular complexity index is 504. The molecular formula is C10H11N3O2. The molecule has 15 heavy (non-hydrogen) atoms. The highest BCUT2D eigenvalue weighted by Crippen LogP contribution is 2.12. The summed E-state index contributed by atoms with van der Waals surface area (Å²) in [6.45, 7) is 2.45. The molecular weight excluding hydrogens is 194 g/mol. The monoisotopic (exact) mass is 205 g/mol. The summed E-state index contributed by atoms with van der Waals surface area (Å²) in [5.41, 5.74) is 6.34. The second-order valence-corrected chi connectivity index (χ2v) is 3.06. The van der Waals surface area contributed by atoms with E-state index in [2.05, 4.69) is 4.98 Å². The van der Waals surface area contributed by atoms with Crippen LogP contribution in [0.25, 0.3) is 5.65 Å². The highest BCUT2D eigenvalue weighted by Gasteiger charge is 2.05. The molecule has 2 aromatic heterocycles. The van der Waals surface area contributed by atoms with E-state index in [1.165, 1.54) is 0 Å². The minimum absolute atomic E-state index is 0.447. The topological polar surface area (TPSA) is 69.6 Å². The number of imidazole rings is 1. The fourth-order valence-electron chi connectivity index (χ4n) is 1.33. The lowest BCUT2D eigenvalue weighted by Gasteiger charge is -1.95. The predicted octanol–water partition coefficient (Wildman–Crippen LogP) is 0.832. The van der Waals surface area contributed by atoms with Gasteiger partial charge in [-0.1, -0.05) is 0 Å². The summed E-state index contributed by atoms with van der Waals surface area (Å²) in [5.74, 6) is 0.0858. The third kappa shape index (κ3) is 1.76. The van der Waals surface area contributed by atoms with Crippen LogP contribution in [0.5, 0.6) is 5.88 Å². The van der Waals surface area contributed by atoms with Gasteiger partial charge in [0.2, 0.25) is 11.8 Å². The number of hydrogen-bond acceptors (Lipinski definition) is 3. The van der Waals surface area contributed by atoms with Gasteiger partial charge in [-0.15, -0.1) is 0 Å². The van der Waals surface area contributed by atoms with Gasteiger partial charge >= 0.3 is 0 Å². The predicted molar refractivity (Wildman–Crippen MR) is 54.9 cm³/mol. The van der Waals surface area contributed by atoms with Crippen molar-refractivity contribution in [2.45, 2.75) is 6.92 Å². The van der Waals surface area contributed by atoms with Crippen molar-refractivity contribution in [3.8, 4) is 5.88 Å². The van der Waals surface area contributed by atoms with E-state index in [1.807, 2.05) is 6.92 Å². The van der Waals surface area contributed by atoms with Crippen LogP contribution in [0.15, 0.2) is 24.5 Å². The second kappa shape index (κ2) is 3.61. The quantitative estimate of drug-likeness (QED) is 0.806. The number of ether oxygens (including phenoxy) is 1. The number of primary amides is 1. The fourth-order valence-corrected chi connectivity index (χ4v) is 1.33. The Hall–Kier alpha value is -2.04. The molecule has 2 rings (SSSR count). The number of carbonyl (C=O) groups excluding carboxylic acids is 1. The van der Waals surface area contributed by atoms with Crippen molar-refractivity contribution in [3.63, 3.8) is 0 Å². The van der Waals surface area contributed by atoms with Crippen LogP contribution in [0.3, 0.4) is 0 Å². The second-order valence-electron chi connectivity index (χ2n) is 3.06. The average molecular weight is 205 g/mol. The van der Waals surface area contributed by atoms with Crippen molar-refractivity contribution in [3.05, 3.63) is 30.1 Å². The molecule has 0 saturated carbocycles. The lowest BCUT2D eigenvalue weighted by atomic mass is 10.3. The standard InChI is InChI=1S/C10H11N3O2/c1-2-15-9-6-13-5-7(10(11)14)3-4-8(13)12-9/h3-6H,2H2,1H3,(H2,11,14). The summed E-state index contributed by atoms with van der Waals surface area (Å²) in [7, 11) is 0. The molecule has 0 bridgehead atoms. The van der Waals surface area contributed by atoms with E-state index in [0.717, 1.165) is 5.65 Å². The van der Waals surface area contributed by atoms with Crippen LogP contribution in [0.1, 0.15) is 17.3 Å². The molecule has 5 heteroatoms. The van der Waals surface area contributed by atoms with E-state index in [9.17, 15) is 4.79 Å². The summed E-state index contributed by atoms with van der Waals surface area (Å²) in [6, 6.07) is 3.36. The molecule has 0 spiro atoms. The fraction of sp³-hybridized carbons (Fsp3) is 0.200. The Morgan fingerprint density at radius 3 is 3.00 bits per heavy atom. The molecule has 0 radical (unpaired) electrons. The molecule has 5 nitrogen and oxygen atoms in total. The molecule has 0 aliphatic heterocycles. The van der Waals surface area contributed by atoms with E-state index in [0.29, 0.717) is 18.1 Å². The smallest absolute Gasteiger partial charge is 0.250 e. The first-order chi connectivity index (χ1) is 7.20. The van der Waals surface area contributed by atoms with Crippen LogP contribution in [0.4, 0.5) is 0 Å². The Kier molecular flexibility index (Phi) is 2.29. The Labute approximate surface area is 86.5 Å². The van der Waals surface area contributed by atoms with Crippen LogP contribution >= 0.6 is 0 Å². The number of nitrogens with two attached hydrogens (primary N) is 1. The first-order valence-corrected chi connectivity index (χ1v) is 4.62. The molecule has 0 fully saturated rings. The molecule has 2 heterocycles. The van der Waals surface area contributed by atoms with E-state index >= 15 is 0 Å². The maximum absolute atomic E-state index is 10.9. The zero-order chi connectivity index (χ0) is 10.8. The summed E-state index contributed by atoms with van der Waals surface area (Å²) in [6.07, 6.45) is 3.35. The molecule has 0 saturated heterocycles. The number of nitrogens with zero attached hydrogens (tertiary/aromatic N) is 2. The van der Waals surface area contributed by atoms with Crippen molar-refractivity contribution in [2.75, 3.05) is 6.61 Å². The zero-order valence-electron chi connectivity index (χ0n) is 8.30. The number of pyridine rings is 1. The number of aromatic nitrogens is 2. The number of amides is 1. The Morgan fingerprint density at radius 2 is 2.33 bits per heavy atom. The van der Waals surface area contributed by atoms with Crippen LogP contribution in [0.2, 0.25) is 0 Å². The van der Waals surface area contributed by atoms with E-state index in [1.54, 1.807) is 28.9 Å². The molecule has 2 N–H and O–H groups in total. The SMILES string of the molecule is CCOc1cn2cc(C(N)=O)ccc2n1. The molecule has 2 aromatic rings. The van der Waals surface area contributed by atoms with Crippen molar-refractivity contribution in [2.24, 2.45) is 5.73 Å². The summed E-state index contributed by atoms with van der Waals surface area (Å²) < 4.78 is 6.96. The van der Waals surface area contributed by atoms with Gasteiger partial charge in [0.25, 0.3) is 0 Å². The molecule has 0 aromatic carbocycles. The maximum Gasteiger partial charge on any atom is 0.250 e. The molecule has 0 aliphatic rings. The summed E-state index contributed by atoms with van der Waals surface area (Å²) in [4.78, 5) is 15.1. The first kappa shape index (κ1) is 9.51. The molecule has 0 atom stereocenters. The van der Waals surface area contributed by atoms with Crippen molar-refractivity contribution >= 4 is 11.6 Å². The zero-order valence-corrected chi connectivity index (χ0v) is 8.30. The normalized spacial score (nSPS) is 10.5. The van der Waals surface area contributed by atoms with Gasteiger partial charge in [-0.3, -0.25) is 4.79 Å². The summed E-state index contributed by atoms with van der Waals surface area (Å²) in [5, 5.41) is 0. The largest absolute Gasteiger partial charge is 0.477 e. The average Bonchev–Trinajstić information content (AvgIpc) is 2.59. The van der Waals surface area contributed by atoms with Gasteiger partial charge in [-0.05, 0) is 19.1 Å². The number of rotatable bonds is 3. The van der Waals surface area contributed by atoms with Gasteiger partial charge < -0.3 is 14.9 Å². The highest BCUT2D eigenvalue weighted by atomic mass is 16.5. The van der Waals surface area contributed by atoms with Gasteiger partial charge in [-0.2, -0.15) is 4.98 Å². The van der Waals surface area contributed by atoms with E-state index in [-0.39, 0.29) is 0 Å². The lowest BCUT2D eigenvalue weighted by Crippen LogP contribution is -2.11. The maximum atomic E-state index is 10.9. The van der Waals surface area contributed by atoms with E-state index in [4.69, 9.17) is 10.5 Å². The van der Waals surface area contributed by atoms with Crippen molar-refractivity contribution in [1.82, 2.24) is 9.38 Å². The molecule has 0 unspecified atom stereocenters. The van der Waals surface area contributed by atoms with Crippen molar-refractivity contribution < 1.29 is 9.53 Å². The van der Waals surface area contributed by atoms with Gasteiger partial charge in [0.15, 0.2) is 0 Å². The van der Waals surface area contributed by atoms with Crippen LogP contribution in [-0.4, -0.2) is 21.9 Å². The summed E-state index contributed by atoms with van der Waals surface area (Å²) >= 11 is 0. The lowest BCUT2D eigenvalue weighted by molar-refractivity contribution is 0.1000. The van der Waals surface area contributed by atoms with Crippen LogP contribution in [-0.2, 0) is 0 Å². The molecule has 1 amide bonds.